The van der Waals surface area contributed by atoms with Crippen molar-refractivity contribution in [3.63, 3.8) is 0 Å². The third kappa shape index (κ3) is 4.07. The number of aromatic nitrogens is 1. The number of phosphoric ester groups is 1. The van der Waals surface area contributed by atoms with E-state index < -0.39 is 32.4 Å². The van der Waals surface area contributed by atoms with Crippen LogP contribution in [0, 0.1) is 0 Å². The van der Waals surface area contributed by atoms with Crippen molar-refractivity contribution in [3.8, 4) is 0 Å². The van der Waals surface area contributed by atoms with E-state index in [9.17, 15) is 19.6 Å². The normalized spacial score (nSPS) is 27.4. The summed E-state index contributed by atoms with van der Waals surface area (Å²) in [5.41, 5.74) is 0.436. The molecule has 0 bridgehead atoms. The highest BCUT2D eigenvalue weighted by Gasteiger charge is 2.49. The van der Waals surface area contributed by atoms with E-state index >= 15 is 0 Å². The highest BCUT2D eigenvalue weighted by molar-refractivity contribution is 7.48. The molecule has 1 aliphatic rings. The number of aliphatic hydroxyl groups excluding tert-OH is 2. The first-order valence-electron chi connectivity index (χ1n) is 7.20. The molecule has 2 N–H and O–H groups in total. The smallest absolute Gasteiger partial charge is 0.387 e. The second-order valence-electron chi connectivity index (χ2n) is 5.25. The molecular weight excluding hydrogens is 341 g/mol. The molecule has 4 atom stereocenters. The highest BCUT2D eigenvalue weighted by Crippen LogP contribution is 2.48. The Morgan fingerprint density at radius 1 is 1.33 bits per heavy atom. The third-order valence-electron chi connectivity index (χ3n) is 3.70. The van der Waals surface area contributed by atoms with Crippen molar-refractivity contribution in [2.24, 2.45) is 0 Å². The molecule has 1 fully saturated rings. The van der Waals surface area contributed by atoms with Crippen LogP contribution in [-0.2, 0) is 22.9 Å². The molecule has 24 heavy (non-hydrogen) atoms. The Hall–Kier alpha value is -1.19. The fourth-order valence-electron chi connectivity index (χ4n) is 2.32. The Balaban J connectivity index is 2.11. The van der Waals surface area contributed by atoms with Crippen molar-refractivity contribution in [3.05, 3.63) is 30.1 Å². The van der Waals surface area contributed by atoms with Crippen LogP contribution < -0.4 is 4.57 Å². The highest BCUT2D eigenvalue weighted by atomic mass is 31.2. The molecule has 134 valence electrons. The van der Waals surface area contributed by atoms with Crippen molar-refractivity contribution in [1.29, 1.82) is 0 Å². The summed E-state index contributed by atoms with van der Waals surface area (Å²) in [6.07, 6.45) is -1.28. The minimum absolute atomic E-state index is 0.140. The summed E-state index contributed by atoms with van der Waals surface area (Å²) >= 11 is 0. The van der Waals surface area contributed by atoms with Gasteiger partial charge in [-0.1, -0.05) is 0 Å². The fourth-order valence-corrected chi connectivity index (χ4v) is 3.01. The van der Waals surface area contributed by atoms with E-state index in [1.807, 2.05) is 0 Å². The lowest BCUT2D eigenvalue weighted by Gasteiger charge is -2.17. The van der Waals surface area contributed by atoms with Crippen molar-refractivity contribution in [2.75, 3.05) is 20.8 Å². The Morgan fingerprint density at radius 2 is 2.00 bits per heavy atom. The van der Waals surface area contributed by atoms with Crippen LogP contribution in [0.2, 0.25) is 0 Å². The standard InChI is InChI=1S/C14H21NO8P/c1-9(16)10-5-4-6-15(7-10)14-13(18)12(17)11(23-14)8-22-24(19,20-2)21-3/h4-7,11-14,17-18H,8H2,1-3H3/q+1/t11-,12-,13-,14-/m1/s1. The van der Waals surface area contributed by atoms with Crippen LogP contribution in [0.3, 0.4) is 0 Å². The number of carbonyl (C=O) groups is 1. The predicted molar refractivity (Wildman–Crippen MR) is 80.1 cm³/mol. The zero-order valence-electron chi connectivity index (χ0n) is 13.6. The molecule has 2 rings (SSSR count). The van der Waals surface area contributed by atoms with Crippen LogP contribution in [0.25, 0.3) is 0 Å². The fraction of sp³-hybridized carbons (Fsp3) is 0.571. The number of phosphoric acid groups is 1. The largest absolute Gasteiger partial charge is 0.474 e. The Bertz CT molecular complexity index is 631. The first kappa shape index (κ1) is 19.1. The van der Waals surface area contributed by atoms with Gasteiger partial charge in [-0.3, -0.25) is 18.4 Å². The molecule has 0 radical (unpaired) electrons. The van der Waals surface area contributed by atoms with Gasteiger partial charge in [-0.25, -0.2) is 4.57 Å². The Morgan fingerprint density at radius 3 is 2.58 bits per heavy atom. The van der Waals surface area contributed by atoms with E-state index in [2.05, 4.69) is 9.05 Å². The van der Waals surface area contributed by atoms with Crippen molar-refractivity contribution >= 4 is 13.6 Å². The Labute approximate surface area is 139 Å². The minimum Gasteiger partial charge on any atom is -0.387 e. The van der Waals surface area contributed by atoms with Crippen LogP contribution in [0.15, 0.2) is 24.5 Å². The maximum Gasteiger partial charge on any atom is 0.474 e. The number of Topliss-reactive ketones (excluding diaryl/α,β-unsaturated/α-hetero) is 1. The third-order valence-corrected chi connectivity index (χ3v) is 5.06. The molecule has 2 heterocycles. The molecule has 9 nitrogen and oxygen atoms in total. The zero-order valence-corrected chi connectivity index (χ0v) is 14.5. The first-order valence-corrected chi connectivity index (χ1v) is 8.66. The van der Waals surface area contributed by atoms with Gasteiger partial charge in [0.1, 0.15) is 12.2 Å². The van der Waals surface area contributed by atoms with Gasteiger partial charge in [0.2, 0.25) is 0 Å². The quantitative estimate of drug-likeness (QED) is 0.402. The van der Waals surface area contributed by atoms with Gasteiger partial charge >= 0.3 is 7.82 Å². The lowest BCUT2D eigenvalue weighted by atomic mass is 10.1. The van der Waals surface area contributed by atoms with Gasteiger partial charge in [0.25, 0.3) is 6.23 Å². The van der Waals surface area contributed by atoms with E-state index in [1.165, 1.54) is 17.7 Å². The maximum atomic E-state index is 11.9. The second kappa shape index (κ2) is 7.79. The van der Waals surface area contributed by atoms with Crippen LogP contribution in [0.1, 0.15) is 23.5 Å². The van der Waals surface area contributed by atoms with E-state index in [4.69, 9.17) is 9.26 Å². The molecule has 1 aromatic rings. The summed E-state index contributed by atoms with van der Waals surface area (Å²) < 4.78 is 33.2. The average Bonchev–Trinajstić information content (AvgIpc) is 2.88. The molecule has 1 aliphatic heterocycles. The van der Waals surface area contributed by atoms with Gasteiger partial charge < -0.3 is 14.9 Å². The van der Waals surface area contributed by atoms with E-state index in [0.29, 0.717) is 5.56 Å². The molecule has 0 amide bonds. The molecule has 0 saturated carbocycles. The van der Waals surface area contributed by atoms with Crippen LogP contribution in [0.4, 0.5) is 0 Å². The number of ether oxygens (including phenoxy) is 1. The van der Waals surface area contributed by atoms with Gasteiger partial charge in [-0.15, -0.1) is 0 Å². The molecule has 0 unspecified atom stereocenters. The number of rotatable bonds is 7. The summed E-state index contributed by atoms with van der Waals surface area (Å²) in [4.78, 5) is 11.5. The van der Waals surface area contributed by atoms with Crippen molar-refractivity contribution < 1.29 is 42.4 Å². The average molecular weight is 362 g/mol. The SMILES string of the molecule is COP(=O)(OC)OC[C@H]1O[C@@H]([n+]2cccc(C(C)=O)c2)[C@H](O)[C@@H]1O. The van der Waals surface area contributed by atoms with Gasteiger partial charge in [-0.2, -0.15) is 4.57 Å². The van der Waals surface area contributed by atoms with E-state index in [-0.39, 0.29) is 12.4 Å². The molecule has 10 heteroatoms. The van der Waals surface area contributed by atoms with Gasteiger partial charge in [-0.05, 0) is 13.0 Å². The number of ketones is 1. The number of aliphatic hydroxyl groups is 2. The summed E-state index contributed by atoms with van der Waals surface area (Å²) in [7, 11) is -1.39. The van der Waals surface area contributed by atoms with Crippen LogP contribution in [-0.4, -0.2) is 55.1 Å². The second-order valence-corrected chi connectivity index (χ2v) is 7.13. The number of carbonyl (C=O) groups excluding carboxylic acids is 1. The molecule has 1 aromatic heterocycles. The number of hydrogen-bond donors (Lipinski definition) is 2. The van der Waals surface area contributed by atoms with Crippen molar-refractivity contribution in [1.82, 2.24) is 0 Å². The molecular formula is C14H21NO8P+. The number of nitrogens with zero attached hydrogens (tertiary/aromatic N) is 1. The van der Waals surface area contributed by atoms with Gasteiger partial charge in [0, 0.05) is 20.3 Å². The predicted octanol–water partition coefficient (Wildman–Crippen LogP) is 0.213. The zero-order chi connectivity index (χ0) is 17.9. The molecule has 0 aromatic carbocycles. The van der Waals surface area contributed by atoms with E-state index in [0.717, 1.165) is 14.2 Å². The van der Waals surface area contributed by atoms with Crippen LogP contribution >= 0.6 is 7.82 Å². The summed E-state index contributed by atoms with van der Waals surface area (Å²) in [6, 6.07) is 3.26. The summed E-state index contributed by atoms with van der Waals surface area (Å²) in [6.45, 7) is 1.12. The summed E-state index contributed by atoms with van der Waals surface area (Å²) in [5, 5.41) is 20.3. The maximum absolute atomic E-state index is 11.9. The molecule has 0 spiro atoms. The minimum atomic E-state index is -3.72. The number of hydrogen-bond acceptors (Lipinski definition) is 8. The van der Waals surface area contributed by atoms with Crippen molar-refractivity contribution in [2.45, 2.75) is 31.5 Å². The van der Waals surface area contributed by atoms with Crippen LogP contribution in [0.5, 0.6) is 0 Å². The molecule has 1 saturated heterocycles. The van der Waals surface area contributed by atoms with Gasteiger partial charge in [0.15, 0.2) is 24.3 Å². The lowest BCUT2D eigenvalue weighted by molar-refractivity contribution is -0.765. The van der Waals surface area contributed by atoms with Gasteiger partial charge in [0.05, 0.1) is 12.2 Å². The topological polar surface area (TPSA) is 115 Å². The monoisotopic (exact) mass is 362 g/mol. The first-order chi connectivity index (χ1) is 11.3. The number of pyridine rings is 1. The summed E-state index contributed by atoms with van der Waals surface area (Å²) in [5.74, 6) is -0.140. The lowest BCUT2D eigenvalue weighted by Crippen LogP contribution is -2.46. The molecule has 0 aliphatic carbocycles. The van der Waals surface area contributed by atoms with E-state index in [1.54, 1.807) is 18.3 Å². The Kier molecular flexibility index (Phi) is 6.22.